The van der Waals surface area contributed by atoms with Gasteiger partial charge in [0.1, 0.15) is 24.7 Å². The molecule has 164 valence electrons. The minimum Gasteiger partial charge on any atom is -0.458 e. The van der Waals surface area contributed by atoms with Gasteiger partial charge in [0.15, 0.2) is 17.8 Å². The zero-order chi connectivity index (χ0) is 22.1. The summed E-state index contributed by atoms with van der Waals surface area (Å²) in [6.45, 7) is 4.91. The molecule has 1 N–H and O–H groups in total. The predicted octanol–water partition coefficient (Wildman–Crippen LogP) is 3.45. The molecule has 0 amide bonds. The molecular weight excluding hydrogens is 396 g/mol. The number of aliphatic hydroxyl groups excluding tert-OH is 1. The summed E-state index contributed by atoms with van der Waals surface area (Å²) >= 11 is 0. The number of ketones is 1. The molecule has 0 bridgehead atoms. The van der Waals surface area contributed by atoms with E-state index in [-0.39, 0.29) is 37.6 Å². The van der Waals surface area contributed by atoms with Crippen molar-refractivity contribution in [2.24, 2.45) is 0 Å². The molecular formula is C21H26O9. The minimum atomic E-state index is -1.35. The fourth-order valence-corrected chi connectivity index (χ4v) is 2.34. The van der Waals surface area contributed by atoms with Crippen LogP contribution in [0, 0.1) is 0 Å². The average molecular weight is 422 g/mol. The number of esters is 2. The maximum absolute atomic E-state index is 12.9. The Kier molecular flexibility index (Phi) is 8.82. The van der Waals surface area contributed by atoms with Crippen LogP contribution >= 0.6 is 0 Å². The second-order valence-electron chi connectivity index (χ2n) is 6.35. The molecule has 2 heterocycles. The normalized spacial score (nSPS) is 12.9. The number of rotatable bonds is 12. The molecule has 0 saturated heterocycles. The maximum atomic E-state index is 12.9. The first-order chi connectivity index (χ1) is 14.4. The standard InChI is InChI=1S/C21H26O9/c1-4-17(22)26-11-13-7-9-15(28-13)20(25)21(30-19(24)6-3)16-10-8-14(29-16)12-27-18(23)5-2/h7-10,17,21-22H,4-6,11-12H2,1-3H3. The Balaban J connectivity index is 2.15. The van der Waals surface area contributed by atoms with Crippen molar-refractivity contribution >= 4 is 17.7 Å². The van der Waals surface area contributed by atoms with Crippen molar-refractivity contribution in [3.05, 3.63) is 47.3 Å². The van der Waals surface area contributed by atoms with Crippen LogP contribution in [0.1, 0.15) is 74.0 Å². The topological polar surface area (TPSA) is 125 Å². The molecule has 2 aromatic rings. The van der Waals surface area contributed by atoms with E-state index in [0.29, 0.717) is 17.9 Å². The molecule has 2 aromatic heterocycles. The Morgan fingerprint density at radius 3 is 2.27 bits per heavy atom. The smallest absolute Gasteiger partial charge is 0.306 e. The molecule has 30 heavy (non-hydrogen) atoms. The number of ether oxygens (including phenoxy) is 3. The first kappa shape index (κ1) is 23.4. The van der Waals surface area contributed by atoms with Gasteiger partial charge in [-0.3, -0.25) is 14.4 Å². The van der Waals surface area contributed by atoms with Gasteiger partial charge < -0.3 is 28.2 Å². The van der Waals surface area contributed by atoms with Gasteiger partial charge in [-0.25, -0.2) is 0 Å². The Morgan fingerprint density at radius 2 is 1.60 bits per heavy atom. The van der Waals surface area contributed by atoms with E-state index >= 15 is 0 Å². The summed E-state index contributed by atoms with van der Waals surface area (Å²) in [5.74, 6) is -0.937. The van der Waals surface area contributed by atoms with Gasteiger partial charge in [0.05, 0.1) is 0 Å². The van der Waals surface area contributed by atoms with E-state index in [1.807, 2.05) is 0 Å². The van der Waals surface area contributed by atoms with Crippen molar-refractivity contribution in [2.75, 3.05) is 0 Å². The molecule has 9 nitrogen and oxygen atoms in total. The Hall–Kier alpha value is -2.91. The molecule has 0 saturated carbocycles. The summed E-state index contributed by atoms with van der Waals surface area (Å²) in [5.41, 5.74) is 0. The molecule has 0 aliphatic rings. The van der Waals surface area contributed by atoms with Crippen molar-refractivity contribution in [1.29, 1.82) is 0 Å². The lowest BCUT2D eigenvalue weighted by atomic mass is 10.1. The molecule has 2 unspecified atom stereocenters. The fourth-order valence-electron chi connectivity index (χ4n) is 2.34. The van der Waals surface area contributed by atoms with Gasteiger partial charge >= 0.3 is 11.9 Å². The summed E-state index contributed by atoms with van der Waals surface area (Å²) < 4.78 is 26.4. The molecule has 0 aromatic carbocycles. The zero-order valence-electron chi connectivity index (χ0n) is 17.2. The number of Topliss-reactive ketones (excluding diaryl/α,β-unsaturated/α-hetero) is 1. The highest BCUT2D eigenvalue weighted by Crippen LogP contribution is 2.27. The molecule has 9 heteroatoms. The Morgan fingerprint density at radius 1 is 0.933 bits per heavy atom. The van der Waals surface area contributed by atoms with Crippen LogP contribution in [0.25, 0.3) is 0 Å². The van der Waals surface area contributed by atoms with Crippen molar-refractivity contribution in [3.63, 3.8) is 0 Å². The molecule has 0 radical (unpaired) electrons. The fraction of sp³-hybridized carbons (Fsp3) is 0.476. The third kappa shape index (κ3) is 6.57. The van der Waals surface area contributed by atoms with E-state index in [1.165, 1.54) is 24.3 Å². The number of hydrogen-bond donors (Lipinski definition) is 1. The van der Waals surface area contributed by atoms with Crippen molar-refractivity contribution in [2.45, 2.75) is 65.6 Å². The molecule has 0 aliphatic carbocycles. The molecule has 0 aliphatic heterocycles. The summed E-state index contributed by atoms with van der Waals surface area (Å²) in [7, 11) is 0. The lowest BCUT2D eigenvalue weighted by Crippen LogP contribution is -2.19. The first-order valence-corrected chi connectivity index (χ1v) is 9.74. The van der Waals surface area contributed by atoms with Gasteiger partial charge in [0, 0.05) is 12.8 Å². The predicted molar refractivity (Wildman–Crippen MR) is 102 cm³/mol. The molecule has 0 spiro atoms. The summed E-state index contributed by atoms with van der Waals surface area (Å²) in [6.07, 6.45) is -1.58. The zero-order valence-corrected chi connectivity index (χ0v) is 17.2. The minimum absolute atomic E-state index is 0.0185. The lowest BCUT2D eigenvalue weighted by Gasteiger charge is -2.13. The lowest BCUT2D eigenvalue weighted by molar-refractivity contribution is -0.147. The number of aliphatic hydroxyl groups is 1. The van der Waals surface area contributed by atoms with Crippen LogP contribution in [0.5, 0.6) is 0 Å². The van der Waals surface area contributed by atoms with E-state index in [1.54, 1.807) is 20.8 Å². The van der Waals surface area contributed by atoms with Gasteiger partial charge in [-0.15, -0.1) is 0 Å². The van der Waals surface area contributed by atoms with Crippen LogP contribution in [0.3, 0.4) is 0 Å². The van der Waals surface area contributed by atoms with E-state index in [2.05, 4.69) is 0 Å². The first-order valence-electron chi connectivity index (χ1n) is 9.74. The summed E-state index contributed by atoms with van der Waals surface area (Å²) in [4.78, 5) is 36.1. The summed E-state index contributed by atoms with van der Waals surface area (Å²) in [5, 5.41) is 9.46. The van der Waals surface area contributed by atoms with E-state index in [4.69, 9.17) is 23.0 Å². The van der Waals surface area contributed by atoms with Crippen molar-refractivity contribution in [1.82, 2.24) is 0 Å². The van der Waals surface area contributed by atoms with E-state index in [9.17, 15) is 19.5 Å². The molecule has 2 rings (SSSR count). The van der Waals surface area contributed by atoms with E-state index < -0.39 is 30.1 Å². The highest BCUT2D eigenvalue weighted by molar-refractivity contribution is 5.98. The van der Waals surface area contributed by atoms with Gasteiger partial charge in [-0.1, -0.05) is 20.8 Å². The van der Waals surface area contributed by atoms with Crippen LogP contribution in [-0.2, 0) is 37.0 Å². The number of carbonyl (C=O) groups is 3. The third-order valence-corrected chi connectivity index (χ3v) is 4.05. The third-order valence-electron chi connectivity index (χ3n) is 4.05. The largest absolute Gasteiger partial charge is 0.458 e. The highest BCUT2D eigenvalue weighted by atomic mass is 16.6. The van der Waals surface area contributed by atoms with E-state index in [0.717, 1.165) is 0 Å². The van der Waals surface area contributed by atoms with Gasteiger partial charge in [-0.05, 0) is 30.7 Å². The second-order valence-corrected chi connectivity index (χ2v) is 6.35. The van der Waals surface area contributed by atoms with Crippen LogP contribution in [0.2, 0.25) is 0 Å². The number of furan rings is 2. The van der Waals surface area contributed by atoms with Crippen LogP contribution in [-0.4, -0.2) is 29.1 Å². The second kappa shape index (κ2) is 11.3. The van der Waals surface area contributed by atoms with Crippen LogP contribution in [0.4, 0.5) is 0 Å². The van der Waals surface area contributed by atoms with Gasteiger partial charge in [0.2, 0.25) is 11.9 Å². The average Bonchev–Trinajstić information content (AvgIpc) is 3.43. The molecule has 0 fully saturated rings. The van der Waals surface area contributed by atoms with Crippen LogP contribution in [0.15, 0.2) is 33.1 Å². The Bertz CT molecular complexity index is 848. The SMILES string of the molecule is CCC(=O)OCc1ccc(C(OC(=O)CC)C(=O)c2ccc(COC(O)CC)o2)o1. The Labute approximate surface area is 173 Å². The number of carbonyl (C=O) groups excluding carboxylic acids is 3. The molecule has 2 atom stereocenters. The quantitative estimate of drug-likeness (QED) is 0.311. The van der Waals surface area contributed by atoms with Crippen molar-refractivity contribution < 1.29 is 42.5 Å². The summed E-state index contributed by atoms with van der Waals surface area (Å²) in [6, 6.07) is 5.97. The van der Waals surface area contributed by atoms with Gasteiger partial charge in [0.25, 0.3) is 0 Å². The highest BCUT2D eigenvalue weighted by Gasteiger charge is 2.31. The monoisotopic (exact) mass is 422 g/mol. The number of hydrogen-bond acceptors (Lipinski definition) is 9. The maximum Gasteiger partial charge on any atom is 0.306 e. The van der Waals surface area contributed by atoms with Crippen LogP contribution < -0.4 is 0 Å². The van der Waals surface area contributed by atoms with Crippen molar-refractivity contribution in [3.8, 4) is 0 Å². The van der Waals surface area contributed by atoms with Gasteiger partial charge in [-0.2, -0.15) is 0 Å².